The number of hydrogen-bond acceptors (Lipinski definition) is 0. The van der Waals surface area contributed by atoms with Gasteiger partial charge < -0.3 is 0 Å². The summed E-state index contributed by atoms with van der Waals surface area (Å²) in [7, 11) is 0. The molecule has 76 valence electrons. The summed E-state index contributed by atoms with van der Waals surface area (Å²) in [5.74, 6) is 0. The van der Waals surface area contributed by atoms with Gasteiger partial charge in [0.05, 0.1) is 0 Å². The smallest absolute Gasteiger partial charge is 0.00274 e. The standard InChI is InChI=1S/C16H12/c1-10-9-13-8-7-12-6-5-11-3-2-4-14(10)16(11)15(12)13/h2-6,8-9H,7H2,1H3. The van der Waals surface area contributed by atoms with E-state index in [-0.39, 0.29) is 0 Å². The van der Waals surface area contributed by atoms with E-state index in [1.165, 1.54) is 37.9 Å². The lowest BCUT2D eigenvalue weighted by atomic mass is 9.95. The Hall–Kier alpha value is -1.82. The summed E-state index contributed by atoms with van der Waals surface area (Å²) in [6.45, 7) is 2.21. The Morgan fingerprint density at radius 1 is 1.00 bits per heavy atom. The summed E-state index contributed by atoms with van der Waals surface area (Å²) in [6, 6.07) is 13.5. The van der Waals surface area contributed by atoms with Crippen LogP contribution in [0.3, 0.4) is 0 Å². The van der Waals surface area contributed by atoms with Gasteiger partial charge in [-0.1, -0.05) is 42.5 Å². The molecule has 16 heavy (non-hydrogen) atoms. The molecule has 3 aromatic carbocycles. The Morgan fingerprint density at radius 2 is 1.94 bits per heavy atom. The minimum absolute atomic E-state index is 1.10. The molecule has 0 amide bonds. The van der Waals surface area contributed by atoms with E-state index in [1.54, 1.807) is 0 Å². The zero-order valence-corrected chi connectivity index (χ0v) is 9.25. The third-order valence-electron chi connectivity index (χ3n) is 3.76. The van der Waals surface area contributed by atoms with Crippen LogP contribution in [-0.2, 0) is 6.42 Å². The second-order valence-electron chi connectivity index (χ2n) is 4.69. The van der Waals surface area contributed by atoms with Crippen molar-refractivity contribution in [3.63, 3.8) is 0 Å². The van der Waals surface area contributed by atoms with Crippen molar-refractivity contribution in [3.8, 4) is 0 Å². The van der Waals surface area contributed by atoms with Crippen molar-refractivity contribution < 1.29 is 0 Å². The first kappa shape index (κ1) is 8.35. The van der Waals surface area contributed by atoms with Crippen molar-refractivity contribution in [3.05, 3.63) is 52.7 Å². The van der Waals surface area contributed by atoms with Gasteiger partial charge in [0.15, 0.2) is 0 Å². The van der Waals surface area contributed by atoms with Crippen molar-refractivity contribution in [2.24, 2.45) is 0 Å². The van der Waals surface area contributed by atoms with Gasteiger partial charge in [0.2, 0.25) is 0 Å². The number of benzene rings is 3. The average Bonchev–Trinajstić information content (AvgIpc) is 2.72. The SMILES string of the molecule is Cc1cc2c3c(ccc4cccc1c43)CC=2. The number of rotatable bonds is 0. The maximum absolute atomic E-state index is 2.35. The lowest BCUT2D eigenvalue weighted by Gasteiger charge is -2.09. The summed E-state index contributed by atoms with van der Waals surface area (Å²) in [5, 5.41) is 7.16. The Bertz CT molecular complexity index is 779. The minimum Gasteiger partial charge on any atom is -0.0722 e. The Kier molecular flexibility index (Phi) is 1.38. The molecule has 0 saturated heterocycles. The molecule has 0 heterocycles. The maximum Gasteiger partial charge on any atom is -0.00274 e. The second kappa shape index (κ2) is 2.65. The summed E-state index contributed by atoms with van der Waals surface area (Å²) < 4.78 is 0. The van der Waals surface area contributed by atoms with Crippen LogP contribution in [0.1, 0.15) is 11.1 Å². The zero-order valence-electron chi connectivity index (χ0n) is 9.25. The molecule has 3 aromatic rings. The van der Waals surface area contributed by atoms with Crippen LogP contribution in [0.4, 0.5) is 0 Å². The topological polar surface area (TPSA) is 0 Å². The first-order valence-corrected chi connectivity index (χ1v) is 5.78. The van der Waals surface area contributed by atoms with Crippen LogP contribution >= 0.6 is 0 Å². The molecular formula is C16H12. The summed E-state index contributed by atoms with van der Waals surface area (Å²) in [6.07, 6.45) is 3.45. The Labute approximate surface area is 94.2 Å². The molecule has 0 unspecified atom stereocenters. The molecule has 0 spiro atoms. The van der Waals surface area contributed by atoms with E-state index < -0.39 is 0 Å². The van der Waals surface area contributed by atoms with Gasteiger partial charge >= 0.3 is 0 Å². The van der Waals surface area contributed by atoms with Crippen molar-refractivity contribution in [1.82, 2.24) is 0 Å². The van der Waals surface area contributed by atoms with Crippen LogP contribution in [0.5, 0.6) is 0 Å². The zero-order chi connectivity index (χ0) is 10.7. The summed E-state index contributed by atoms with van der Waals surface area (Å²) in [5.41, 5.74) is 2.88. The van der Waals surface area contributed by atoms with Gasteiger partial charge in [-0.3, -0.25) is 0 Å². The molecule has 1 aliphatic rings. The van der Waals surface area contributed by atoms with Crippen LogP contribution in [0.2, 0.25) is 0 Å². The fourth-order valence-corrected chi connectivity index (χ4v) is 3.01. The van der Waals surface area contributed by atoms with Crippen molar-refractivity contribution in [2.75, 3.05) is 0 Å². The van der Waals surface area contributed by atoms with E-state index in [1.807, 2.05) is 0 Å². The van der Waals surface area contributed by atoms with Crippen LogP contribution in [0, 0.1) is 6.92 Å². The first-order chi connectivity index (χ1) is 7.84. The largest absolute Gasteiger partial charge is 0.0722 e. The molecule has 4 rings (SSSR count). The highest BCUT2D eigenvalue weighted by atomic mass is 14.2. The summed E-state index contributed by atoms with van der Waals surface area (Å²) >= 11 is 0. The van der Waals surface area contributed by atoms with E-state index in [0.717, 1.165) is 6.42 Å². The van der Waals surface area contributed by atoms with Crippen LogP contribution < -0.4 is 5.22 Å². The van der Waals surface area contributed by atoms with E-state index in [2.05, 4.69) is 49.4 Å². The predicted octanol–water partition coefficient (Wildman–Crippen LogP) is 3.36. The molecule has 0 bridgehead atoms. The van der Waals surface area contributed by atoms with E-state index in [4.69, 9.17) is 0 Å². The van der Waals surface area contributed by atoms with E-state index in [9.17, 15) is 0 Å². The van der Waals surface area contributed by atoms with Crippen molar-refractivity contribution >= 4 is 27.6 Å². The average molecular weight is 204 g/mol. The van der Waals surface area contributed by atoms with Gasteiger partial charge in [0.1, 0.15) is 0 Å². The highest BCUT2D eigenvalue weighted by molar-refractivity contribution is 6.13. The predicted molar refractivity (Wildman–Crippen MR) is 69.6 cm³/mol. The van der Waals surface area contributed by atoms with Gasteiger partial charge in [0, 0.05) is 0 Å². The normalized spacial score (nSPS) is 13.6. The fraction of sp³-hybridized carbons (Fsp3) is 0.125. The van der Waals surface area contributed by atoms with Crippen LogP contribution in [0.15, 0.2) is 36.4 Å². The molecule has 0 aromatic heterocycles. The first-order valence-electron chi connectivity index (χ1n) is 5.78. The highest BCUT2D eigenvalue weighted by Crippen LogP contribution is 2.31. The van der Waals surface area contributed by atoms with Gasteiger partial charge in [0.25, 0.3) is 0 Å². The van der Waals surface area contributed by atoms with Crippen molar-refractivity contribution in [1.29, 1.82) is 0 Å². The fourth-order valence-electron chi connectivity index (χ4n) is 3.01. The van der Waals surface area contributed by atoms with Crippen molar-refractivity contribution in [2.45, 2.75) is 13.3 Å². The van der Waals surface area contributed by atoms with Gasteiger partial charge in [-0.05, 0) is 51.2 Å². The highest BCUT2D eigenvalue weighted by Gasteiger charge is 2.12. The van der Waals surface area contributed by atoms with E-state index in [0.29, 0.717) is 0 Å². The minimum atomic E-state index is 1.10. The number of hydrogen-bond donors (Lipinski definition) is 0. The molecule has 0 aliphatic heterocycles. The molecular weight excluding hydrogens is 192 g/mol. The lowest BCUT2D eigenvalue weighted by molar-refractivity contribution is 1.42. The number of aryl methyl sites for hydroxylation is 1. The summed E-state index contributed by atoms with van der Waals surface area (Å²) in [4.78, 5) is 0. The van der Waals surface area contributed by atoms with Gasteiger partial charge in [-0.2, -0.15) is 0 Å². The molecule has 0 atom stereocenters. The molecule has 0 heteroatoms. The maximum atomic E-state index is 2.35. The third kappa shape index (κ3) is 0.856. The molecule has 0 radical (unpaired) electrons. The van der Waals surface area contributed by atoms with E-state index >= 15 is 0 Å². The van der Waals surface area contributed by atoms with Gasteiger partial charge in [-0.25, -0.2) is 0 Å². The third-order valence-corrected chi connectivity index (χ3v) is 3.76. The Morgan fingerprint density at radius 3 is 2.88 bits per heavy atom. The van der Waals surface area contributed by atoms with Crippen LogP contribution in [-0.4, -0.2) is 0 Å². The quantitative estimate of drug-likeness (QED) is 0.526. The molecule has 0 fully saturated rings. The van der Waals surface area contributed by atoms with Crippen LogP contribution in [0.25, 0.3) is 27.6 Å². The Balaban J connectivity index is 2.49. The molecule has 0 saturated carbocycles. The second-order valence-corrected chi connectivity index (χ2v) is 4.69. The lowest BCUT2D eigenvalue weighted by Crippen LogP contribution is -2.01. The van der Waals surface area contributed by atoms with Gasteiger partial charge in [-0.15, -0.1) is 0 Å². The molecule has 1 aliphatic carbocycles. The molecule has 0 N–H and O–H groups in total. The molecule has 0 nitrogen and oxygen atoms in total. The monoisotopic (exact) mass is 204 g/mol.